The number of nitrogens with zero attached hydrogens (tertiary/aromatic N) is 1. The number of carbonyl (C=O) groups excluding carboxylic acids is 1. The first kappa shape index (κ1) is 13.1. The van der Waals surface area contributed by atoms with Gasteiger partial charge in [-0.2, -0.15) is 0 Å². The summed E-state index contributed by atoms with van der Waals surface area (Å²) < 4.78 is 5.33. The van der Waals surface area contributed by atoms with Crippen molar-refractivity contribution in [2.45, 2.75) is 13.0 Å². The fourth-order valence-corrected chi connectivity index (χ4v) is 2.06. The third kappa shape index (κ3) is 3.82. The van der Waals surface area contributed by atoms with Crippen molar-refractivity contribution in [3.63, 3.8) is 0 Å². The second-order valence-electron chi connectivity index (χ2n) is 4.49. The lowest BCUT2D eigenvalue weighted by molar-refractivity contribution is -0.119. The molecule has 1 radical (unpaired) electrons. The molecule has 1 fully saturated rings. The number of rotatable bonds is 4. The minimum Gasteiger partial charge on any atom is -0.379 e. The SMILES string of the molecule is CNC(=O)Cc1c[c]cc(CN2CCOCC2)c1. The van der Waals surface area contributed by atoms with Crippen LogP contribution in [0, 0.1) is 6.07 Å². The van der Waals surface area contributed by atoms with Gasteiger partial charge in [0.1, 0.15) is 0 Å². The summed E-state index contributed by atoms with van der Waals surface area (Å²) in [7, 11) is 1.66. The summed E-state index contributed by atoms with van der Waals surface area (Å²) in [5, 5.41) is 2.63. The average Bonchev–Trinajstić information content (AvgIpc) is 2.40. The lowest BCUT2D eigenvalue weighted by Gasteiger charge is -2.26. The van der Waals surface area contributed by atoms with Crippen LogP contribution in [-0.2, 0) is 22.5 Å². The van der Waals surface area contributed by atoms with Crippen molar-refractivity contribution in [2.24, 2.45) is 0 Å². The van der Waals surface area contributed by atoms with E-state index in [0.717, 1.165) is 38.4 Å². The van der Waals surface area contributed by atoms with Crippen molar-refractivity contribution in [3.05, 3.63) is 35.4 Å². The average molecular weight is 247 g/mol. The largest absolute Gasteiger partial charge is 0.379 e. The molecule has 0 saturated carbocycles. The van der Waals surface area contributed by atoms with E-state index >= 15 is 0 Å². The molecule has 0 aromatic heterocycles. The van der Waals surface area contributed by atoms with Crippen LogP contribution in [0.1, 0.15) is 11.1 Å². The lowest BCUT2D eigenvalue weighted by Crippen LogP contribution is -2.35. The Morgan fingerprint density at radius 1 is 1.39 bits per heavy atom. The predicted octanol–water partition coefficient (Wildman–Crippen LogP) is 0.607. The maximum absolute atomic E-state index is 11.3. The number of morpholine rings is 1. The van der Waals surface area contributed by atoms with Crippen LogP contribution in [-0.4, -0.2) is 44.2 Å². The van der Waals surface area contributed by atoms with Crippen LogP contribution in [0.4, 0.5) is 0 Å². The van der Waals surface area contributed by atoms with E-state index in [9.17, 15) is 4.79 Å². The molecule has 0 unspecified atom stereocenters. The van der Waals surface area contributed by atoms with Gasteiger partial charge in [-0.1, -0.05) is 12.1 Å². The Labute approximate surface area is 108 Å². The molecule has 4 heteroatoms. The zero-order valence-electron chi connectivity index (χ0n) is 10.7. The molecule has 1 N–H and O–H groups in total. The maximum Gasteiger partial charge on any atom is 0.224 e. The van der Waals surface area contributed by atoms with Crippen LogP contribution in [0.15, 0.2) is 18.2 Å². The van der Waals surface area contributed by atoms with E-state index in [0.29, 0.717) is 6.42 Å². The van der Waals surface area contributed by atoms with Gasteiger partial charge < -0.3 is 10.1 Å². The Morgan fingerprint density at radius 2 is 2.11 bits per heavy atom. The number of nitrogens with one attached hydrogen (secondary N) is 1. The highest BCUT2D eigenvalue weighted by Crippen LogP contribution is 2.10. The van der Waals surface area contributed by atoms with Crippen LogP contribution >= 0.6 is 0 Å². The second kappa shape index (κ2) is 6.52. The van der Waals surface area contributed by atoms with Crippen molar-refractivity contribution in [1.82, 2.24) is 10.2 Å². The van der Waals surface area contributed by atoms with Gasteiger partial charge >= 0.3 is 0 Å². The smallest absolute Gasteiger partial charge is 0.224 e. The van der Waals surface area contributed by atoms with Crippen LogP contribution in [0.5, 0.6) is 0 Å². The zero-order valence-corrected chi connectivity index (χ0v) is 10.7. The molecule has 1 aliphatic heterocycles. The molecule has 18 heavy (non-hydrogen) atoms. The van der Waals surface area contributed by atoms with Crippen LogP contribution in [0.2, 0.25) is 0 Å². The molecule has 2 rings (SSSR count). The van der Waals surface area contributed by atoms with E-state index in [-0.39, 0.29) is 5.91 Å². The van der Waals surface area contributed by atoms with Crippen LogP contribution in [0.3, 0.4) is 0 Å². The Balaban J connectivity index is 1.95. The van der Waals surface area contributed by atoms with Crippen LogP contribution < -0.4 is 5.32 Å². The van der Waals surface area contributed by atoms with Gasteiger partial charge in [0.05, 0.1) is 19.6 Å². The van der Waals surface area contributed by atoms with E-state index in [1.54, 1.807) is 7.05 Å². The number of amides is 1. The Kier molecular flexibility index (Phi) is 4.73. The molecule has 97 valence electrons. The molecule has 1 aromatic carbocycles. The summed E-state index contributed by atoms with van der Waals surface area (Å²) in [6.07, 6.45) is 0.421. The Hall–Kier alpha value is -1.39. The first-order valence-corrected chi connectivity index (χ1v) is 6.27. The quantitative estimate of drug-likeness (QED) is 0.847. The third-order valence-electron chi connectivity index (χ3n) is 3.06. The molecule has 1 aromatic rings. The highest BCUT2D eigenvalue weighted by Gasteiger charge is 2.11. The van der Waals surface area contributed by atoms with Gasteiger partial charge in [0, 0.05) is 26.7 Å². The minimum atomic E-state index is 0.0342. The molecule has 4 nitrogen and oxygen atoms in total. The van der Waals surface area contributed by atoms with Crippen molar-refractivity contribution < 1.29 is 9.53 Å². The summed E-state index contributed by atoms with van der Waals surface area (Å²) in [5.74, 6) is 0.0342. The minimum absolute atomic E-state index is 0.0342. The highest BCUT2D eigenvalue weighted by molar-refractivity contribution is 5.78. The van der Waals surface area contributed by atoms with E-state index in [1.165, 1.54) is 5.56 Å². The molecule has 0 aliphatic carbocycles. The second-order valence-corrected chi connectivity index (χ2v) is 4.49. The number of ether oxygens (including phenoxy) is 1. The lowest BCUT2D eigenvalue weighted by atomic mass is 10.1. The van der Waals surface area contributed by atoms with Gasteiger partial charge in [0.15, 0.2) is 0 Å². The number of hydrogen-bond donors (Lipinski definition) is 1. The summed E-state index contributed by atoms with van der Waals surface area (Å²) in [6, 6.07) is 9.06. The van der Waals surface area contributed by atoms with Gasteiger partial charge in [-0.15, -0.1) is 0 Å². The highest BCUT2D eigenvalue weighted by atomic mass is 16.5. The molecular formula is C14H19N2O2. The molecule has 1 saturated heterocycles. The normalized spacial score (nSPS) is 16.5. The maximum atomic E-state index is 11.3. The van der Waals surface area contributed by atoms with Gasteiger partial charge in [0.2, 0.25) is 5.91 Å². The van der Waals surface area contributed by atoms with Gasteiger partial charge in [-0.3, -0.25) is 9.69 Å². The molecule has 0 bridgehead atoms. The van der Waals surface area contributed by atoms with Crippen molar-refractivity contribution in [1.29, 1.82) is 0 Å². The van der Waals surface area contributed by atoms with E-state index < -0.39 is 0 Å². The third-order valence-corrected chi connectivity index (χ3v) is 3.06. The molecule has 1 heterocycles. The van der Waals surface area contributed by atoms with E-state index in [2.05, 4.69) is 22.3 Å². The molecule has 0 spiro atoms. The fourth-order valence-electron chi connectivity index (χ4n) is 2.06. The number of likely N-dealkylation sites (N-methyl/N-ethyl adjacent to an activating group) is 1. The fraction of sp³-hybridized carbons (Fsp3) is 0.500. The zero-order chi connectivity index (χ0) is 12.8. The van der Waals surface area contributed by atoms with Crippen LogP contribution in [0.25, 0.3) is 0 Å². The summed E-state index contributed by atoms with van der Waals surface area (Å²) >= 11 is 0. The monoisotopic (exact) mass is 247 g/mol. The number of benzene rings is 1. The first-order valence-electron chi connectivity index (χ1n) is 6.27. The topological polar surface area (TPSA) is 41.6 Å². The van der Waals surface area contributed by atoms with Gasteiger partial charge in [-0.05, 0) is 23.3 Å². The molecule has 1 amide bonds. The Morgan fingerprint density at radius 3 is 2.83 bits per heavy atom. The number of carbonyl (C=O) groups is 1. The Bertz CT molecular complexity index is 401. The van der Waals surface area contributed by atoms with E-state index in [4.69, 9.17) is 4.74 Å². The molecule has 0 atom stereocenters. The first-order chi connectivity index (χ1) is 8.78. The standard InChI is InChI=1S/C14H19N2O2/c1-15-14(17)10-12-3-2-4-13(9-12)11-16-5-7-18-8-6-16/h3-4,9H,5-8,10-11H2,1H3,(H,15,17). The van der Waals surface area contributed by atoms with Crippen molar-refractivity contribution in [3.8, 4) is 0 Å². The van der Waals surface area contributed by atoms with Gasteiger partial charge in [-0.25, -0.2) is 0 Å². The summed E-state index contributed by atoms with van der Waals surface area (Å²) in [4.78, 5) is 13.7. The van der Waals surface area contributed by atoms with Crippen molar-refractivity contribution >= 4 is 5.91 Å². The van der Waals surface area contributed by atoms with Gasteiger partial charge in [0.25, 0.3) is 0 Å². The number of hydrogen-bond acceptors (Lipinski definition) is 3. The van der Waals surface area contributed by atoms with Crippen molar-refractivity contribution in [2.75, 3.05) is 33.4 Å². The predicted molar refractivity (Wildman–Crippen MR) is 69.1 cm³/mol. The molecule has 1 aliphatic rings. The van der Waals surface area contributed by atoms with E-state index in [1.807, 2.05) is 12.1 Å². The molecular weight excluding hydrogens is 228 g/mol. The summed E-state index contributed by atoms with van der Waals surface area (Å²) in [5.41, 5.74) is 2.22. The summed E-state index contributed by atoms with van der Waals surface area (Å²) in [6.45, 7) is 4.46.